The van der Waals surface area contributed by atoms with Crippen LogP contribution < -0.4 is 10.6 Å². The summed E-state index contributed by atoms with van der Waals surface area (Å²) in [5.74, 6) is -0.0465. The van der Waals surface area contributed by atoms with E-state index in [0.29, 0.717) is 29.5 Å². The zero-order chi connectivity index (χ0) is 31.1. The van der Waals surface area contributed by atoms with E-state index in [1.807, 2.05) is 0 Å². The van der Waals surface area contributed by atoms with E-state index >= 15 is 0 Å². The van der Waals surface area contributed by atoms with E-state index in [1.165, 1.54) is 41.6 Å². The minimum absolute atomic E-state index is 0.0243. The number of benzene rings is 2. The Morgan fingerprint density at radius 1 is 1.23 bits per heavy atom. The van der Waals surface area contributed by atoms with Gasteiger partial charge in [0.05, 0.1) is 29.9 Å². The molecule has 2 aromatic carbocycles. The number of hydrogen-bond acceptors (Lipinski definition) is 7. The Morgan fingerprint density at radius 3 is 2.60 bits per heavy atom. The largest absolute Gasteiger partial charge is 0.466 e. The van der Waals surface area contributed by atoms with Crippen LogP contribution in [0.25, 0.3) is 0 Å². The van der Waals surface area contributed by atoms with Crippen LogP contribution in [0.5, 0.6) is 0 Å². The summed E-state index contributed by atoms with van der Waals surface area (Å²) in [5, 5.41) is 16.2. The van der Waals surface area contributed by atoms with Gasteiger partial charge in [0.15, 0.2) is 0 Å². The highest BCUT2D eigenvalue weighted by Gasteiger charge is 2.41. The molecule has 9 nitrogen and oxygen atoms in total. The number of carbonyl (C=O) groups is 1. The number of H-pyrrole nitrogens is 1. The van der Waals surface area contributed by atoms with Gasteiger partial charge in [-0.25, -0.2) is 19.3 Å². The molecule has 0 spiro atoms. The lowest BCUT2D eigenvalue weighted by atomic mass is 9.88. The number of aromatic nitrogens is 3. The predicted molar refractivity (Wildman–Crippen MR) is 154 cm³/mol. The summed E-state index contributed by atoms with van der Waals surface area (Å²) in [4.78, 5) is 30.3. The first-order valence-corrected chi connectivity index (χ1v) is 14.1. The average Bonchev–Trinajstić information content (AvgIpc) is 3.75. The molecule has 0 saturated heterocycles. The second-order valence-electron chi connectivity index (χ2n) is 11.3. The molecule has 1 fully saturated rings. The fourth-order valence-corrected chi connectivity index (χ4v) is 6.14. The number of aromatic amines is 1. The highest BCUT2D eigenvalue weighted by Crippen LogP contribution is 2.44. The van der Waals surface area contributed by atoms with E-state index in [0.717, 1.165) is 30.5 Å². The number of allylic oxidation sites excluding steroid dienone is 1. The van der Waals surface area contributed by atoms with Gasteiger partial charge >= 0.3 is 17.8 Å². The zero-order valence-corrected chi connectivity index (χ0v) is 24.4. The van der Waals surface area contributed by atoms with Crippen molar-refractivity contribution < 1.29 is 22.7 Å². The molecule has 1 saturated carbocycles. The van der Waals surface area contributed by atoms with Crippen molar-refractivity contribution in [3.05, 3.63) is 86.5 Å². The summed E-state index contributed by atoms with van der Waals surface area (Å²) in [6.07, 6.45) is 0.156. The Morgan fingerprint density at radius 2 is 1.98 bits per heavy atom. The van der Waals surface area contributed by atoms with Gasteiger partial charge in [-0.15, -0.1) is 5.10 Å². The molecule has 3 aromatic rings. The number of nitrogens with zero attached hydrogens (tertiary/aromatic N) is 5. The Labute approximate surface area is 247 Å². The number of hydrogen-bond donors (Lipinski definition) is 1. The number of carbonyl (C=O) groups excluding carboxylic acids is 1. The van der Waals surface area contributed by atoms with Crippen LogP contribution in [0.15, 0.2) is 58.5 Å². The molecule has 226 valence electrons. The molecule has 0 bridgehead atoms. The maximum Gasteiger partial charge on any atom is 0.416 e. The Hall–Kier alpha value is -4.37. The number of nitriles is 1. The minimum Gasteiger partial charge on any atom is -0.466 e. The van der Waals surface area contributed by atoms with E-state index in [-0.39, 0.29) is 22.9 Å². The van der Waals surface area contributed by atoms with Gasteiger partial charge in [0.25, 0.3) is 0 Å². The van der Waals surface area contributed by atoms with E-state index < -0.39 is 29.4 Å². The van der Waals surface area contributed by atoms with Gasteiger partial charge in [-0.2, -0.15) is 18.4 Å². The van der Waals surface area contributed by atoms with Crippen LogP contribution in [0.4, 0.5) is 24.8 Å². The minimum atomic E-state index is -4.61. The van der Waals surface area contributed by atoms with Gasteiger partial charge in [0, 0.05) is 17.4 Å². The van der Waals surface area contributed by atoms with Gasteiger partial charge in [-0.3, -0.25) is 4.90 Å². The smallest absolute Gasteiger partial charge is 0.416 e. The number of anilines is 2. The molecule has 0 amide bonds. The lowest BCUT2D eigenvalue weighted by molar-refractivity contribution is -0.138. The lowest BCUT2D eigenvalue weighted by Gasteiger charge is -2.36. The van der Waals surface area contributed by atoms with Crippen molar-refractivity contribution in [1.29, 1.82) is 5.26 Å². The molecule has 43 heavy (non-hydrogen) atoms. The summed E-state index contributed by atoms with van der Waals surface area (Å²) in [6, 6.07) is 11.3. The summed E-state index contributed by atoms with van der Waals surface area (Å²) >= 11 is 0. The molecule has 12 heteroatoms. The third-order valence-electron chi connectivity index (χ3n) is 8.32. The number of fused-ring (bicyclic) bond motifs is 1. The molecular formula is C31H33F3N6O3. The van der Waals surface area contributed by atoms with Crippen molar-refractivity contribution in [2.45, 2.75) is 57.3 Å². The van der Waals surface area contributed by atoms with Crippen molar-refractivity contribution >= 4 is 17.6 Å². The fraction of sp³-hybridized carbons (Fsp3) is 0.419. The molecule has 1 aliphatic heterocycles. The first-order chi connectivity index (χ1) is 20.5. The van der Waals surface area contributed by atoms with E-state index in [2.05, 4.69) is 35.3 Å². The average molecular weight is 595 g/mol. The second kappa shape index (κ2) is 11.7. The zero-order valence-electron chi connectivity index (χ0n) is 24.4. The monoisotopic (exact) mass is 594 g/mol. The highest BCUT2D eigenvalue weighted by atomic mass is 19.4. The van der Waals surface area contributed by atoms with Gasteiger partial charge in [-0.05, 0) is 100 Å². The highest BCUT2D eigenvalue weighted by molar-refractivity contribution is 5.93. The number of aryl methyl sites for hydroxylation is 1. The lowest BCUT2D eigenvalue weighted by Crippen LogP contribution is -2.38. The number of halogens is 3. The van der Waals surface area contributed by atoms with Crippen LogP contribution in [0, 0.1) is 17.2 Å². The molecule has 5 rings (SSSR count). The molecule has 2 atom stereocenters. The third kappa shape index (κ3) is 5.82. The van der Waals surface area contributed by atoms with Crippen LogP contribution >= 0.6 is 0 Å². The number of rotatable bonds is 9. The predicted octanol–water partition coefficient (Wildman–Crippen LogP) is 5.31. The summed E-state index contributed by atoms with van der Waals surface area (Å²) in [7, 11) is 5.36. The van der Waals surface area contributed by atoms with Gasteiger partial charge in [-0.1, -0.05) is 12.1 Å². The number of esters is 1. The van der Waals surface area contributed by atoms with Gasteiger partial charge < -0.3 is 9.64 Å². The van der Waals surface area contributed by atoms with Crippen LogP contribution in [-0.2, 0) is 22.1 Å². The number of nitrogens with one attached hydrogen (secondary N) is 1. The normalized spacial score (nSPS) is 17.6. The van der Waals surface area contributed by atoms with Crippen LogP contribution in [-0.4, -0.2) is 52.9 Å². The molecule has 2 heterocycles. The molecule has 1 N–H and O–H groups in total. The maximum absolute atomic E-state index is 13.6. The van der Waals surface area contributed by atoms with Gasteiger partial charge in [0.2, 0.25) is 5.95 Å². The van der Waals surface area contributed by atoms with E-state index in [4.69, 9.17) is 4.74 Å². The molecule has 2 aliphatic rings. The first-order valence-electron chi connectivity index (χ1n) is 14.1. The molecule has 1 unspecified atom stereocenters. The summed E-state index contributed by atoms with van der Waals surface area (Å²) in [6.45, 7) is 1.59. The summed E-state index contributed by atoms with van der Waals surface area (Å²) < 4.78 is 47.3. The van der Waals surface area contributed by atoms with Crippen LogP contribution in [0.3, 0.4) is 0 Å². The summed E-state index contributed by atoms with van der Waals surface area (Å²) in [5.41, 5.74) is 0.709. The molecule has 1 aliphatic carbocycles. The Bertz CT molecular complexity index is 1660. The van der Waals surface area contributed by atoms with Crippen LogP contribution in [0.2, 0.25) is 0 Å². The van der Waals surface area contributed by atoms with Crippen LogP contribution in [0.1, 0.15) is 60.9 Å². The number of ether oxygens (including phenoxy) is 1. The van der Waals surface area contributed by atoms with Crippen molar-refractivity contribution in [3.63, 3.8) is 0 Å². The van der Waals surface area contributed by atoms with Crippen molar-refractivity contribution in [3.8, 4) is 6.07 Å². The third-order valence-corrected chi connectivity index (χ3v) is 8.32. The maximum atomic E-state index is 13.6. The quantitative estimate of drug-likeness (QED) is 0.335. The number of alkyl halides is 3. The molecular weight excluding hydrogens is 561 g/mol. The van der Waals surface area contributed by atoms with E-state index in [1.54, 1.807) is 25.1 Å². The van der Waals surface area contributed by atoms with Gasteiger partial charge in [0.1, 0.15) is 6.04 Å². The standard InChI is InChI=1S/C31H33F3N6O3/c1-18-26(28(41)43-4)27(24-14-11-19(17-35)15-21(24)7-5-10-25(38(2)3)20-12-13-20)40-29(36-37-30(40)42)39(18)23-9-6-8-22(16-23)31(32,33)34/h6,8-9,11,14-16,20,25,27H,5,7,10,12-13H2,1-4H3,(H,37,42)/t25?,27-/m1/s1. The Kier molecular flexibility index (Phi) is 8.21. The van der Waals surface area contributed by atoms with Crippen molar-refractivity contribution in [2.24, 2.45) is 5.92 Å². The van der Waals surface area contributed by atoms with Crippen molar-refractivity contribution in [2.75, 3.05) is 26.1 Å². The Balaban J connectivity index is 1.64. The SMILES string of the molecule is COC(=O)C1=C(C)N(c2cccc(C(F)(F)F)c2)c2n[nH]c(=O)n2[C@@H]1c1ccc(C#N)cc1CCCC(C1CC1)N(C)C. The molecule has 0 radical (unpaired) electrons. The van der Waals surface area contributed by atoms with Crippen molar-refractivity contribution in [1.82, 2.24) is 19.7 Å². The first kappa shape index (κ1) is 30.1. The molecule has 1 aromatic heterocycles. The van der Waals surface area contributed by atoms with E-state index in [9.17, 15) is 28.0 Å². The second-order valence-corrected chi connectivity index (χ2v) is 11.3. The fourth-order valence-electron chi connectivity index (χ4n) is 6.14. The number of methoxy groups -OCH3 is 1. The topological polar surface area (TPSA) is 107 Å².